The number of hydrogen-bond donors (Lipinski definition) is 2. The highest BCUT2D eigenvalue weighted by Gasteiger charge is 2.09. The molecule has 0 aromatic carbocycles. The fourth-order valence-corrected chi connectivity index (χ4v) is 2.84. The molecule has 8 heteroatoms. The quantitative estimate of drug-likeness (QED) is 0.298. The van der Waals surface area contributed by atoms with Gasteiger partial charge in [-0.05, 0) is 12.1 Å². The highest BCUT2D eigenvalue weighted by atomic mass is 127. The minimum atomic E-state index is 0. The van der Waals surface area contributed by atoms with Crippen molar-refractivity contribution in [2.45, 2.75) is 20.4 Å². The van der Waals surface area contributed by atoms with Crippen molar-refractivity contribution in [3.05, 3.63) is 21.3 Å². The van der Waals surface area contributed by atoms with E-state index < -0.39 is 0 Å². The summed E-state index contributed by atoms with van der Waals surface area (Å²) in [4.78, 5) is 18.9. The van der Waals surface area contributed by atoms with Crippen LogP contribution >= 0.6 is 46.9 Å². The first-order valence-corrected chi connectivity index (χ1v) is 8.07. The molecule has 22 heavy (non-hydrogen) atoms. The molecule has 1 rings (SSSR count). The van der Waals surface area contributed by atoms with Crippen molar-refractivity contribution in [2.24, 2.45) is 10.9 Å². The SMILES string of the molecule is CN=C(NCCNC(=O)C(C)C)N(C)Cc1ccc(Cl)s1.I. The van der Waals surface area contributed by atoms with Crippen molar-refractivity contribution in [3.8, 4) is 0 Å². The number of amides is 1. The Morgan fingerprint density at radius 3 is 2.50 bits per heavy atom. The molecule has 0 saturated heterocycles. The Balaban J connectivity index is 0.00000441. The van der Waals surface area contributed by atoms with Crippen molar-refractivity contribution in [2.75, 3.05) is 27.2 Å². The summed E-state index contributed by atoms with van der Waals surface area (Å²) in [5.74, 6) is 0.863. The summed E-state index contributed by atoms with van der Waals surface area (Å²) in [5.41, 5.74) is 0. The molecule has 1 amide bonds. The normalized spacial score (nSPS) is 11.1. The van der Waals surface area contributed by atoms with E-state index in [1.165, 1.54) is 4.88 Å². The van der Waals surface area contributed by atoms with Crippen LogP contribution in [-0.4, -0.2) is 44.0 Å². The summed E-state index contributed by atoms with van der Waals surface area (Å²) in [6.45, 7) is 5.72. The number of nitrogens with one attached hydrogen (secondary N) is 2. The Morgan fingerprint density at radius 1 is 1.36 bits per heavy atom. The molecule has 0 aliphatic heterocycles. The summed E-state index contributed by atoms with van der Waals surface area (Å²) in [6, 6.07) is 3.91. The number of aliphatic imine (C=N–C) groups is 1. The average molecular weight is 459 g/mol. The van der Waals surface area contributed by atoms with E-state index in [1.54, 1.807) is 18.4 Å². The fraction of sp³-hybridized carbons (Fsp3) is 0.571. The zero-order valence-corrected chi connectivity index (χ0v) is 17.3. The van der Waals surface area contributed by atoms with Crippen LogP contribution in [0.4, 0.5) is 0 Å². The minimum Gasteiger partial charge on any atom is -0.354 e. The second kappa shape index (κ2) is 11.1. The molecule has 126 valence electrons. The molecule has 1 aromatic heterocycles. The highest BCUT2D eigenvalue weighted by molar-refractivity contribution is 14.0. The van der Waals surface area contributed by atoms with Gasteiger partial charge in [0.2, 0.25) is 5.91 Å². The summed E-state index contributed by atoms with van der Waals surface area (Å²) in [7, 11) is 3.71. The van der Waals surface area contributed by atoms with E-state index in [9.17, 15) is 4.79 Å². The average Bonchev–Trinajstić information content (AvgIpc) is 2.83. The van der Waals surface area contributed by atoms with Crippen molar-refractivity contribution < 1.29 is 4.79 Å². The highest BCUT2D eigenvalue weighted by Crippen LogP contribution is 2.22. The van der Waals surface area contributed by atoms with Gasteiger partial charge in [0.1, 0.15) is 0 Å². The number of nitrogens with zero attached hydrogens (tertiary/aromatic N) is 2. The number of thiophene rings is 1. The fourth-order valence-electron chi connectivity index (χ4n) is 1.69. The van der Waals surface area contributed by atoms with E-state index in [1.807, 2.05) is 37.9 Å². The number of rotatable bonds is 6. The first kappa shape index (κ1) is 21.5. The molecule has 0 bridgehead atoms. The molecule has 0 spiro atoms. The second-order valence-corrected chi connectivity index (χ2v) is 6.78. The Kier molecular flexibility index (Phi) is 10.8. The van der Waals surface area contributed by atoms with Crippen LogP contribution in [0.5, 0.6) is 0 Å². The summed E-state index contributed by atoms with van der Waals surface area (Å²) in [6.07, 6.45) is 0. The predicted molar refractivity (Wildman–Crippen MR) is 105 cm³/mol. The molecule has 1 aromatic rings. The molecule has 0 aliphatic carbocycles. The number of carbonyl (C=O) groups excluding carboxylic acids is 1. The van der Waals surface area contributed by atoms with Gasteiger partial charge >= 0.3 is 0 Å². The maximum absolute atomic E-state index is 11.4. The van der Waals surface area contributed by atoms with Crippen LogP contribution in [0.3, 0.4) is 0 Å². The van der Waals surface area contributed by atoms with Gasteiger partial charge in [-0.25, -0.2) is 0 Å². The number of carbonyl (C=O) groups is 1. The van der Waals surface area contributed by atoms with E-state index in [4.69, 9.17) is 11.6 Å². The van der Waals surface area contributed by atoms with Gasteiger partial charge in [0.15, 0.2) is 5.96 Å². The third-order valence-electron chi connectivity index (χ3n) is 2.83. The number of hydrogen-bond acceptors (Lipinski definition) is 3. The summed E-state index contributed by atoms with van der Waals surface area (Å²) >= 11 is 7.49. The lowest BCUT2D eigenvalue weighted by Crippen LogP contribution is -2.42. The van der Waals surface area contributed by atoms with Crippen LogP contribution in [0.25, 0.3) is 0 Å². The van der Waals surface area contributed by atoms with E-state index in [-0.39, 0.29) is 35.8 Å². The van der Waals surface area contributed by atoms with Gasteiger partial charge < -0.3 is 15.5 Å². The first-order valence-electron chi connectivity index (χ1n) is 6.87. The monoisotopic (exact) mass is 458 g/mol. The third kappa shape index (κ3) is 7.64. The van der Waals surface area contributed by atoms with Crippen LogP contribution in [0.2, 0.25) is 4.34 Å². The van der Waals surface area contributed by atoms with Gasteiger partial charge in [0, 0.05) is 38.0 Å². The lowest BCUT2D eigenvalue weighted by Gasteiger charge is -2.21. The van der Waals surface area contributed by atoms with E-state index in [2.05, 4.69) is 15.6 Å². The molecule has 0 fully saturated rings. The van der Waals surface area contributed by atoms with Gasteiger partial charge in [-0.15, -0.1) is 35.3 Å². The van der Waals surface area contributed by atoms with Crippen LogP contribution in [0, 0.1) is 5.92 Å². The molecular weight excluding hydrogens is 435 g/mol. The minimum absolute atomic E-state index is 0. The Labute approximate surface area is 158 Å². The Bertz CT molecular complexity index is 493. The predicted octanol–water partition coefficient (Wildman–Crippen LogP) is 2.80. The maximum atomic E-state index is 11.4. The van der Waals surface area contributed by atoms with Gasteiger partial charge in [-0.3, -0.25) is 9.79 Å². The molecular formula is C14H24ClIN4OS. The van der Waals surface area contributed by atoms with Crippen LogP contribution in [0.1, 0.15) is 18.7 Å². The van der Waals surface area contributed by atoms with Gasteiger partial charge in [0.25, 0.3) is 0 Å². The Morgan fingerprint density at radius 2 is 2.00 bits per heavy atom. The molecule has 2 N–H and O–H groups in total. The van der Waals surface area contributed by atoms with E-state index >= 15 is 0 Å². The lowest BCUT2D eigenvalue weighted by atomic mass is 10.2. The zero-order valence-electron chi connectivity index (χ0n) is 13.4. The lowest BCUT2D eigenvalue weighted by molar-refractivity contribution is -0.123. The standard InChI is InChI=1S/C14H23ClN4OS.HI/c1-10(2)13(20)17-7-8-18-14(16-3)19(4)9-11-5-6-12(15)21-11;/h5-6,10H,7-9H2,1-4H3,(H,16,18)(H,17,20);1H. The van der Waals surface area contributed by atoms with Crippen LogP contribution in [0.15, 0.2) is 17.1 Å². The molecule has 5 nitrogen and oxygen atoms in total. The maximum Gasteiger partial charge on any atom is 0.222 e. The first-order chi connectivity index (χ1) is 9.93. The van der Waals surface area contributed by atoms with Gasteiger partial charge in [-0.2, -0.15) is 0 Å². The molecule has 0 unspecified atom stereocenters. The second-order valence-electron chi connectivity index (χ2n) is 4.98. The van der Waals surface area contributed by atoms with E-state index in [0.717, 1.165) is 16.8 Å². The molecule has 0 aliphatic rings. The van der Waals surface area contributed by atoms with Crippen molar-refractivity contribution in [1.29, 1.82) is 0 Å². The van der Waals surface area contributed by atoms with E-state index in [0.29, 0.717) is 13.1 Å². The molecule has 1 heterocycles. The van der Waals surface area contributed by atoms with Crippen molar-refractivity contribution in [1.82, 2.24) is 15.5 Å². The summed E-state index contributed by atoms with van der Waals surface area (Å²) in [5, 5.41) is 6.09. The van der Waals surface area contributed by atoms with Crippen molar-refractivity contribution in [3.63, 3.8) is 0 Å². The van der Waals surface area contributed by atoms with Gasteiger partial charge in [-0.1, -0.05) is 25.4 Å². The summed E-state index contributed by atoms with van der Waals surface area (Å²) < 4.78 is 0.790. The van der Waals surface area contributed by atoms with Crippen molar-refractivity contribution >= 4 is 58.8 Å². The third-order valence-corrected chi connectivity index (χ3v) is 4.04. The largest absolute Gasteiger partial charge is 0.354 e. The zero-order chi connectivity index (χ0) is 15.8. The Hall–Kier alpha value is -0.540. The molecule has 0 saturated carbocycles. The molecule has 0 atom stereocenters. The number of halogens is 2. The van der Waals surface area contributed by atoms with Gasteiger partial charge in [0.05, 0.1) is 10.9 Å². The smallest absolute Gasteiger partial charge is 0.222 e. The van der Waals surface area contributed by atoms with Crippen LogP contribution in [-0.2, 0) is 11.3 Å². The topological polar surface area (TPSA) is 56.7 Å². The number of guanidine groups is 1. The van der Waals surface area contributed by atoms with Crippen LogP contribution < -0.4 is 10.6 Å². The molecule has 0 radical (unpaired) electrons.